The van der Waals surface area contributed by atoms with Crippen LogP contribution in [0.1, 0.15) is 11.1 Å². The first-order valence-electron chi connectivity index (χ1n) is 22.5. The third-order valence-corrected chi connectivity index (χ3v) is 16.9. The first-order chi connectivity index (χ1) is 32.1. The molecule has 0 aliphatic carbocycles. The summed E-state index contributed by atoms with van der Waals surface area (Å²) in [6.45, 7) is 4.51. The lowest BCUT2D eigenvalue weighted by Crippen LogP contribution is -2.60. The van der Waals surface area contributed by atoms with Crippen LogP contribution in [0.2, 0.25) is 0 Å². The normalized spacial score (nSPS) is 13.3. The van der Waals surface area contributed by atoms with E-state index in [0.29, 0.717) is 0 Å². The summed E-state index contributed by atoms with van der Waals surface area (Å²) >= 11 is 3.89. The maximum Gasteiger partial charge on any atom is 0.256 e. The fourth-order valence-corrected chi connectivity index (χ4v) is 14.4. The van der Waals surface area contributed by atoms with Gasteiger partial charge in [0.15, 0.2) is 0 Å². The molecule has 2 aliphatic heterocycles. The number of rotatable bonds is 2. The quantitative estimate of drug-likeness (QED) is 0.126. The summed E-state index contributed by atoms with van der Waals surface area (Å²) in [7, 11) is 0. The van der Waals surface area contributed by atoms with Gasteiger partial charge in [-0.25, -0.2) is 0 Å². The Morgan fingerprint density at radius 1 is 0.308 bits per heavy atom. The Morgan fingerprint density at radius 2 is 0.631 bits per heavy atom. The molecule has 0 spiro atoms. The number of hydrogen-bond donors (Lipinski definition) is 0. The van der Waals surface area contributed by atoms with E-state index in [1.165, 1.54) is 145 Å². The Kier molecular flexibility index (Phi) is 7.23. The van der Waals surface area contributed by atoms with Gasteiger partial charge in [0.1, 0.15) is 0 Å². The predicted octanol–water partition coefficient (Wildman–Crippen LogP) is 15.7. The third-order valence-electron chi connectivity index (χ3n) is 14.5. The van der Waals surface area contributed by atoms with Crippen molar-refractivity contribution in [3.63, 3.8) is 0 Å². The molecule has 2 aliphatic rings. The zero-order valence-electron chi connectivity index (χ0n) is 35.7. The molecule has 11 aromatic carbocycles. The van der Waals surface area contributed by atoms with Crippen LogP contribution in [-0.4, -0.2) is 6.71 Å². The fraction of sp³-hybridized carbons (Fsp3) is 0.0333. The van der Waals surface area contributed by atoms with Crippen molar-refractivity contribution in [2.24, 2.45) is 0 Å². The molecule has 4 heterocycles. The lowest BCUT2D eigenvalue weighted by Gasteiger charge is -2.42. The van der Waals surface area contributed by atoms with Crippen molar-refractivity contribution in [3.8, 4) is 0 Å². The summed E-state index contributed by atoms with van der Waals surface area (Å²) < 4.78 is 2.64. The standard InChI is InChI=1S/C60H37BN2S2/c1-34-28-30-52-46(32-34)56-59(64-52)62(48-24-11-22-44-40-16-5-3-14-36(40)38-18-7-9-20-42(38)54(44)48)50-26-13-27-51-58(50)61(56)57-47-33-35(2)29-31-53(47)65-60(57)63(51)49-25-12-23-45-41-17-6-4-15-37(41)39-19-8-10-21-43(39)55(45)49/h3-33H,1-2H3. The van der Waals surface area contributed by atoms with Gasteiger partial charge >= 0.3 is 0 Å². The Morgan fingerprint density at radius 3 is 1.03 bits per heavy atom. The Hall–Kier alpha value is -7.44. The molecule has 5 heteroatoms. The summed E-state index contributed by atoms with van der Waals surface area (Å²) in [6, 6.07) is 71.3. The molecule has 0 bridgehead atoms. The van der Waals surface area contributed by atoms with Crippen molar-refractivity contribution >= 4 is 163 Å². The second-order valence-corrected chi connectivity index (χ2v) is 20.1. The minimum absolute atomic E-state index is 0.0184. The first-order valence-corrected chi connectivity index (χ1v) is 24.2. The summed E-state index contributed by atoms with van der Waals surface area (Å²) in [5.74, 6) is 0. The van der Waals surface area contributed by atoms with Gasteiger partial charge in [-0.15, -0.1) is 22.7 Å². The molecular formula is C60H37BN2S2. The van der Waals surface area contributed by atoms with Gasteiger partial charge in [-0.1, -0.05) is 163 Å². The highest BCUT2D eigenvalue weighted by atomic mass is 32.1. The summed E-state index contributed by atoms with van der Waals surface area (Å²) in [6.07, 6.45) is 0. The van der Waals surface area contributed by atoms with Gasteiger partial charge in [0, 0.05) is 31.5 Å². The molecule has 0 amide bonds. The van der Waals surface area contributed by atoms with Crippen molar-refractivity contribution in [3.05, 3.63) is 199 Å². The molecule has 0 N–H and O–H groups in total. The number of nitrogens with zero attached hydrogens (tertiary/aromatic N) is 2. The van der Waals surface area contributed by atoms with Gasteiger partial charge in [-0.2, -0.15) is 0 Å². The summed E-state index contributed by atoms with van der Waals surface area (Å²) in [5.41, 5.74) is 11.7. The van der Waals surface area contributed by atoms with Gasteiger partial charge in [-0.3, -0.25) is 0 Å². The van der Waals surface area contributed by atoms with Crippen molar-refractivity contribution in [1.82, 2.24) is 0 Å². The minimum Gasteiger partial charge on any atom is -0.302 e. The van der Waals surface area contributed by atoms with E-state index < -0.39 is 0 Å². The zero-order chi connectivity index (χ0) is 42.7. The SMILES string of the molecule is Cc1ccc2sc3c(c2c1)B1c2c(cccc2N(c2cccc4c5ccccc5c5ccccc5c24)c2sc4ccc(C)cc4c21)N3c1cccc2c3ccccc3c3ccccc3c12. The third kappa shape index (κ3) is 4.74. The number of thiophene rings is 2. The maximum absolute atomic E-state index is 2.66. The molecule has 15 rings (SSSR count). The van der Waals surface area contributed by atoms with Crippen LogP contribution in [0.3, 0.4) is 0 Å². The van der Waals surface area contributed by atoms with E-state index in [0.717, 1.165) is 0 Å². The Balaban J connectivity index is 1.12. The van der Waals surface area contributed by atoms with Gasteiger partial charge in [0.05, 0.1) is 21.4 Å². The number of aryl methyl sites for hydroxylation is 2. The molecule has 13 aromatic rings. The van der Waals surface area contributed by atoms with E-state index >= 15 is 0 Å². The highest BCUT2D eigenvalue weighted by Gasteiger charge is 2.47. The van der Waals surface area contributed by atoms with Crippen LogP contribution in [-0.2, 0) is 0 Å². The van der Waals surface area contributed by atoms with Crippen LogP contribution in [0, 0.1) is 13.8 Å². The Labute approximate surface area is 383 Å². The molecular weight excluding hydrogens is 824 g/mol. The van der Waals surface area contributed by atoms with E-state index in [1.807, 2.05) is 22.7 Å². The van der Waals surface area contributed by atoms with Gasteiger partial charge in [0.2, 0.25) is 0 Å². The fourth-order valence-electron chi connectivity index (χ4n) is 11.9. The van der Waals surface area contributed by atoms with E-state index in [1.54, 1.807) is 0 Å². The molecule has 65 heavy (non-hydrogen) atoms. The van der Waals surface area contributed by atoms with Crippen molar-refractivity contribution in [1.29, 1.82) is 0 Å². The van der Waals surface area contributed by atoms with E-state index in [9.17, 15) is 0 Å². The Bertz CT molecular complexity index is 3900. The summed E-state index contributed by atoms with van der Waals surface area (Å²) in [4.78, 5) is 5.31. The average Bonchev–Trinajstić information content (AvgIpc) is 3.92. The highest BCUT2D eigenvalue weighted by Crippen LogP contribution is 2.54. The van der Waals surface area contributed by atoms with Crippen molar-refractivity contribution in [2.45, 2.75) is 13.8 Å². The van der Waals surface area contributed by atoms with Crippen LogP contribution in [0.15, 0.2) is 188 Å². The van der Waals surface area contributed by atoms with Gasteiger partial charge < -0.3 is 9.80 Å². The van der Waals surface area contributed by atoms with Crippen LogP contribution in [0.25, 0.3) is 84.8 Å². The van der Waals surface area contributed by atoms with E-state index in [4.69, 9.17) is 0 Å². The molecule has 0 radical (unpaired) electrons. The molecule has 302 valence electrons. The maximum atomic E-state index is 2.66. The van der Waals surface area contributed by atoms with Crippen molar-refractivity contribution < 1.29 is 0 Å². The number of benzene rings is 11. The van der Waals surface area contributed by atoms with E-state index in [-0.39, 0.29) is 6.71 Å². The predicted molar refractivity (Wildman–Crippen MR) is 286 cm³/mol. The molecule has 0 saturated heterocycles. The van der Waals surface area contributed by atoms with Crippen LogP contribution in [0.5, 0.6) is 0 Å². The van der Waals surface area contributed by atoms with Crippen LogP contribution < -0.4 is 26.2 Å². The van der Waals surface area contributed by atoms with E-state index in [2.05, 4.69) is 212 Å². The molecule has 0 saturated carbocycles. The molecule has 2 aromatic heterocycles. The number of fused-ring (bicyclic) bond motifs is 20. The second-order valence-electron chi connectivity index (χ2n) is 18.0. The van der Waals surface area contributed by atoms with Crippen molar-refractivity contribution in [2.75, 3.05) is 9.80 Å². The molecule has 0 atom stereocenters. The zero-order valence-corrected chi connectivity index (χ0v) is 37.3. The molecule has 0 fully saturated rings. The lowest BCUT2D eigenvalue weighted by molar-refractivity contribution is 1.30. The average molecular weight is 861 g/mol. The number of hydrogen-bond acceptors (Lipinski definition) is 4. The smallest absolute Gasteiger partial charge is 0.256 e. The highest BCUT2D eigenvalue weighted by molar-refractivity contribution is 7.29. The van der Waals surface area contributed by atoms with Gasteiger partial charge in [-0.05, 0) is 131 Å². The second kappa shape index (κ2) is 13.1. The molecule has 0 unspecified atom stereocenters. The topological polar surface area (TPSA) is 6.48 Å². The minimum atomic E-state index is 0.0184. The van der Waals surface area contributed by atoms with Crippen LogP contribution in [0.4, 0.5) is 32.8 Å². The first kappa shape index (κ1) is 36.0. The number of anilines is 6. The summed E-state index contributed by atoms with van der Waals surface area (Å²) in [5, 5.41) is 20.7. The monoisotopic (exact) mass is 860 g/mol. The lowest BCUT2D eigenvalue weighted by atomic mass is 9.33. The van der Waals surface area contributed by atoms with Crippen LogP contribution >= 0.6 is 22.7 Å². The van der Waals surface area contributed by atoms with Gasteiger partial charge in [0.25, 0.3) is 6.71 Å². The molecule has 2 nitrogen and oxygen atoms in total. The largest absolute Gasteiger partial charge is 0.302 e.